The van der Waals surface area contributed by atoms with Crippen LogP contribution in [0.5, 0.6) is 5.75 Å². The quantitative estimate of drug-likeness (QED) is 0.580. The molecule has 1 N–H and O–H groups in total. The standard InChI is InChI=1S/C19H21N3O4/c1-26-18-10-2-14(3-11-18)12-21(16-8-9-16)13-19(23)20-15-4-6-17(7-5-15)22(24)25/h2-7,10-11,16H,8-9,12-13H2,1H3,(H,20,23). The number of rotatable bonds is 8. The topological polar surface area (TPSA) is 84.7 Å². The second-order valence-electron chi connectivity index (χ2n) is 6.34. The minimum Gasteiger partial charge on any atom is -0.497 e. The molecule has 7 heteroatoms. The monoisotopic (exact) mass is 355 g/mol. The van der Waals surface area contributed by atoms with Crippen molar-refractivity contribution in [2.24, 2.45) is 0 Å². The van der Waals surface area contributed by atoms with Gasteiger partial charge in [0.05, 0.1) is 18.6 Å². The van der Waals surface area contributed by atoms with Crippen LogP contribution in [-0.2, 0) is 11.3 Å². The van der Waals surface area contributed by atoms with Gasteiger partial charge in [-0.25, -0.2) is 0 Å². The van der Waals surface area contributed by atoms with E-state index in [0.717, 1.165) is 24.2 Å². The summed E-state index contributed by atoms with van der Waals surface area (Å²) in [6, 6.07) is 14.1. The van der Waals surface area contributed by atoms with Crippen LogP contribution in [0.15, 0.2) is 48.5 Å². The number of hydrogen-bond acceptors (Lipinski definition) is 5. The van der Waals surface area contributed by atoms with Crippen LogP contribution in [0.1, 0.15) is 18.4 Å². The Balaban J connectivity index is 1.58. The average molecular weight is 355 g/mol. The molecule has 0 bridgehead atoms. The van der Waals surface area contributed by atoms with E-state index in [1.165, 1.54) is 12.1 Å². The molecule has 136 valence electrons. The Morgan fingerprint density at radius 3 is 2.38 bits per heavy atom. The highest BCUT2D eigenvalue weighted by molar-refractivity contribution is 5.92. The van der Waals surface area contributed by atoms with Gasteiger partial charge in [-0.2, -0.15) is 0 Å². The molecule has 1 saturated carbocycles. The zero-order valence-corrected chi connectivity index (χ0v) is 14.6. The fourth-order valence-electron chi connectivity index (χ4n) is 2.77. The third kappa shape index (κ3) is 4.80. The number of ether oxygens (including phenoxy) is 1. The van der Waals surface area contributed by atoms with Crippen LogP contribution < -0.4 is 10.1 Å². The van der Waals surface area contributed by atoms with E-state index in [1.54, 1.807) is 19.2 Å². The van der Waals surface area contributed by atoms with Crippen molar-refractivity contribution in [1.82, 2.24) is 4.90 Å². The summed E-state index contributed by atoms with van der Waals surface area (Å²) in [5.74, 6) is 0.682. The third-order valence-electron chi connectivity index (χ3n) is 4.32. The molecular weight excluding hydrogens is 334 g/mol. The molecule has 1 aliphatic carbocycles. The van der Waals surface area contributed by atoms with Crippen molar-refractivity contribution >= 4 is 17.3 Å². The first-order chi connectivity index (χ1) is 12.5. The molecule has 26 heavy (non-hydrogen) atoms. The van der Waals surface area contributed by atoms with Gasteiger partial charge in [-0.1, -0.05) is 12.1 Å². The fourth-order valence-corrected chi connectivity index (χ4v) is 2.77. The smallest absolute Gasteiger partial charge is 0.269 e. The van der Waals surface area contributed by atoms with Crippen molar-refractivity contribution in [2.75, 3.05) is 19.0 Å². The molecule has 0 heterocycles. The SMILES string of the molecule is COc1ccc(CN(CC(=O)Nc2ccc([N+](=O)[O-])cc2)C2CC2)cc1. The van der Waals surface area contributed by atoms with Crippen LogP contribution in [0.2, 0.25) is 0 Å². The Bertz CT molecular complexity index is 770. The number of methoxy groups -OCH3 is 1. The van der Waals surface area contributed by atoms with E-state index in [9.17, 15) is 14.9 Å². The summed E-state index contributed by atoms with van der Waals surface area (Å²) >= 11 is 0. The van der Waals surface area contributed by atoms with Crippen molar-refractivity contribution in [1.29, 1.82) is 0 Å². The van der Waals surface area contributed by atoms with Crippen LogP contribution >= 0.6 is 0 Å². The highest BCUT2D eigenvalue weighted by Crippen LogP contribution is 2.28. The zero-order chi connectivity index (χ0) is 18.5. The van der Waals surface area contributed by atoms with Gasteiger partial charge < -0.3 is 10.1 Å². The number of nitro groups is 1. The number of carbonyl (C=O) groups is 1. The third-order valence-corrected chi connectivity index (χ3v) is 4.32. The van der Waals surface area contributed by atoms with Crippen molar-refractivity contribution in [3.8, 4) is 5.75 Å². The molecule has 3 rings (SSSR count). The molecule has 2 aromatic rings. The van der Waals surface area contributed by atoms with Crippen LogP contribution in [-0.4, -0.2) is 35.4 Å². The minimum atomic E-state index is -0.463. The van der Waals surface area contributed by atoms with Crippen molar-refractivity contribution < 1.29 is 14.5 Å². The predicted molar refractivity (Wildman–Crippen MR) is 98.2 cm³/mol. The fraction of sp³-hybridized carbons (Fsp3) is 0.316. The van der Waals surface area contributed by atoms with E-state index >= 15 is 0 Å². The zero-order valence-electron chi connectivity index (χ0n) is 14.6. The van der Waals surface area contributed by atoms with Crippen molar-refractivity contribution in [2.45, 2.75) is 25.4 Å². The molecular formula is C19H21N3O4. The Hall–Kier alpha value is -2.93. The maximum absolute atomic E-state index is 12.4. The van der Waals surface area contributed by atoms with Gasteiger partial charge in [-0.15, -0.1) is 0 Å². The maximum atomic E-state index is 12.4. The average Bonchev–Trinajstić information content (AvgIpc) is 3.47. The van der Waals surface area contributed by atoms with Gasteiger partial charge in [0.25, 0.3) is 5.69 Å². The van der Waals surface area contributed by atoms with Gasteiger partial charge >= 0.3 is 0 Å². The lowest BCUT2D eigenvalue weighted by Gasteiger charge is -2.21. The van der Waals surface area contributed by atoms with Crippen molar-refractivity contribution in [3.63, 3.8) is 0 Å². The summed E-state index contributed by atoms with van der Waals surface area (Å²) in [6.45, 7) is 0.982. The predicted octanol–water partition coefficient (Wildman–Crippen LogP) is 3.21. The Morgan fingerprint density at radius 2 is 1.85 bits per heavy atom. The van der Waals surface area contributed by atoms with Crippen LogP contribution in [0.4, 0.5) is 11.4 Å². The van der Waals surface area contributed by atoms with E-state index < -0.39 is 4.92 Å². The lowest BCUT2D eigenvalue weighted by molar-refractivity contribution is -0.384. The first-order valence-electron chi connectivity index (χ1n) is 8.46. The normalized spacial score (nSPS) is 13.5. The van der Waals surface area contributed by atoms with Gasteiger partial charge in [-0.3, -0.25) is 19.8 Å². The molecule has 0 unspecified atom stereocenters. The molecule has 2 aromatic carbocycles. The lowest BCUT2D eigenvalue weighted by Crippen LogP contribution is -2.34. The van der Waals surface area contributed by atoms with E-state index in [2.05, 4.69) is 10.2 Å². The molecule has 0 aromatic heterocycles. The van der Waals surface area contributed by atoms with E-state index in [4.69, 9.17) is 4.74 Å². The van der Waals surface area contributed by atoms with Gasteiger partial charge in [0, 0.05) is 30.4 Å². The van der Waals surface area contributed by atoms with Crippen LogP contribution in [0, 0.1) is 10.1 Å². The Labute approximate surface area is 151 Å². The van der Waals surface area contributed by atoms with Crippen LogP contribution in [0.25, 0.3) is 0 Å². The molecule has 0 radical (unpaired) electrons. The first kappa shape index (κ1) is 17.9. The van der Waals surface area contributed by atoms with Gasteiger partial charge in [0.2, 0.25) is 5.91 Å². The molecule has 1 fully saturated rings. The van der Waals surface area contributed by atoms with Crippen molar-refractivity contribution in [3.05, 3.63) is 64.2 Å². The molecule has 1 amide bonds. The van der Waals surface area contributed by atoms with Crippen LogP contribution in [0.3, 0.4) is 0 Å². The number of anilines is 1. The summed E-state index contributed by atoms with van der Waals surface area (Å²) < 4.78 is 5.17. The highest BCUT2D eigenvalue weighted by atomic mass is 16.6. The Kier molecular flexibility index (Phi) is 5.48. The molecule has 0 spiro atoms. The summed E-state index contributed by atoms with van der Waals surface area (Å²) in [5, 5.41) is 13.5. The molecule has 7 nitrogen and oxygen atoms in total. The molecule has 0 saturated heterocycles. The second-order valence-corrected chi connectivity index (χ2v) is 6.34. The summed E-state index contributed by atoms with van der Waals surface area (Å²) in [4.78, 5) is 24.7. The minimum absolute atomic E-state index is 0.00196. The largest absolute Gasteiger partial charge is 0.497 e. The highest BCUT2D eigenvalue weighted by Gasteiger charge is 2.30. The number of nitrogens with zero attached hydrogens (tertiary/aromatic N) is 2. The maximum Gasteiger partial charge on any atom is 0.269 e. The summed E-state index contributed by atoms with van der Waals surface area (Å²) in [5.41, 5.74) is 1.68. The van der Waals surface area contributed by atoms with Gasteiger partial charge in [0.1, 0.15) is 5.75 Å². The summed E-state index contributed by atoms with van der Waals surface area (Å²) in [6.07, 6.45) is 2.20. The number of carbonyl (C=O) groups excluding carboxylic acids is 1. The molecule has 0 aliphatic heterocycles. The van der Waals surface area contributed by atoms with E-state index in [-0.39, 0.29) is 18.1 Å². The number of amides is 1. The Morgan fingerprint density at radius 1 is 1.19 bits per heavy atom. The van der Waals surface area contributed by atoms with Gasteiger partial charge in [-0.05, 0) is 42.7 Å². The molecule has 0 atom stereocenters. The number of nitrogens with one attached hydrogen (secondary N) is 1. The van der Waals surface area contributed by atoms with E-state index in [1.807, 2.05) is 24.3 Å². The number of benzene rings is 2. The number of hydrogen-bond donors (Lipinski definition) is 1. The number of nitro benzene ring substituents is 1. The number of non-ortho nitro benzene ring substituents is 1. The first-order valence-corrected chi connectivity index (χ1v) is 8.46. The summed E-state index contributed by atoms with van der Waals surface area (Å²) in [7, 11) is 1.63. The lowest BCUT2D eigenvalue weighted by atomic mass is 10.2. The van der Waals surface area contributed by atoms with Gasteiger partial charge in [0.15, 0.2) is 0 Å². The molecule has 1 aliphatic rings. The van der Waals surface area contributed by atoms with E-state index in [0.29, 0.717) is 18.3 Å². The second kappa shape index (κ2) is 7.97.